The lowest BCUT2D eigenvalue weighted by molar-refractivity contribution is -0.384. The van der Waals surface area contributed by atoms with Crippen LogP contribution >= 0.6 is 23.4 Å². The first-order valence-electron chi connectivity index (χ1n) is 6.43. The number of benzene rings is 2. The van der Waals surface area contributed by atoms with Gasteiger partial charge in [0.25, 0.3) is 5.69 Å². The zero-order chi connectivity index (χ0) is 14.8. The number of fused-ring (bicyclic) bond motifs is 1. The van der Waals surface area contributed by atoms with Crippen molar-refractivity contribution in [2.24, 2.45) is 0 Å². The van der Waals surface area contributed by atoms with Gasteiger partial charge in [-0.15, -0.1) is 11.8 Å². The molecule has 2 aromatic rings. The Bertz CT molecular complexity index is 692. The van der Waals surface area contributed by atoms with E-state index in [0.29, 0.717) is 17.4 Å². The predicted molar refractivity (Wildman–Crippen MR) is 83.5 cm³/mol. The van der Waals surface area contributed by atoms with Crippen LogP contribution in [-0.2, 0) is 0 Å². The maximum Gasteiger partial charge on any atom is 0.273 e. The number of nitro groups is 1. The van der Waals surface area contributed by atoms with Crippen molar-refractivity contribution in [2.45, 2.75) is 10.8 Å². The highest BCUT2D eigenvalue weighted by atomic mass is 35.5. The zero-order valence-electron chi connectivity index (χ0n) is 11.0. The molecule has 0 fully saturated rings. The Morgan fingerprint density at radius 2 is 2.14 bits per heavy atom. The smallest absolute Gasteiger partial charge is 0.273 e. The summed E-state index contributed by atoms with van der Waals surface area (Å²) in [6.07, 6.45) is 0. The highest BCUT2D eigenvalue weighted by molar-refractivity contribution is 7.99. The number of hydrogen-bond acceptors (Lipinski definition) is 4. The van der Waals surface area contributed by atoms with Gasteiger partial charge < -0.3 is 4.74 Å². The maximum absolute atomic E-state index is 10.8. The molecule has 2 aromatic carbocycles. The Kier molecular flexibility index (Phi) is 4.03. The molecule has 108 valence electrons. The summed E-state index contributed by atoms with van der Waals surface area (Å²) in [5.74, 6) is 1.59. The molecule has 0 spiro atoms. The molecule has 0 aliphatic carbocycles. The van der Waals surface area contributed by atoms with E-state index in [0.717, 1.165) is 5.75 Å². The van der Waals surface area contributed by atoms with Crippen LogP contribution in [-0.4, -0.2) is 17.3 Å². The monoisotopic (exact) mass is 321 g/mol. The fourth-order valence-corrected chi connectivity index (χ4v) is 3.68. The number of thioether (sulfide) groups is 1. The van der Waals surface area contributed by atoms with Crippen LogP contribution in [0.2, 0.25) is 5.02 Å². The quantitative estimate of drug-likeness (QED) is 0.614. The van der Waals surface area contributed by atoms with Gasteiger partial charge in [0.05, 0.1) is 22.6 Å². The van der Waals surface area contributed by atoms with E-state index in [9.17, 15) is 10.1 Å². The molecule has 1 heterocycles. The summed E-state index contributed by atoms with van der Waals surface area (Å²) in [5, 5.41) is 11.2. The van der Waals surface area contributed by atoms with E-state index in [-0.39, 0.29) is 11.6 Å². The van der Waals surface area contributed by atoms with Gasteiger partial charge in [0.15, 0.2) is 0 Å². The second-order valence-electron chi connectivity index (χ2n) is 4.73. The van der Waals surface area contributed by atoms with Crippen LogP contribution in [0.1, 0.15) is 11.5 Å². The summed E-state index contributed by atoms with van der Waals surface area (Å²) in [7, 11) is 0. The van der Waals surface area contributed by atoms with Gasteiger partial charge in [-0.05, 0) is 17.7 Å². The highest BCUT2D eigenvalue weighted by Gasteiger charge is 2.23. The van der Waals surface area contributed by atoms with Crippen molar-refractivity contribution in [2.75, 3.05) is 12.4 Å². The lowest BCUT2D eigenvalue weighted by atomic mass is 10.0. The van der Waals surface area contributed by atoms with Gasteiger partial charge in [-0.25, -0.2) is 0 Å². The molecule has 3 rings (SSSR count). The van der Waals surface area contributed by atoms with Gasteiger partial charge in [0, 0.05) is 22.6 Å². The molecule has 0 radical (unpaired) electrons. The Hall–Kier alpha value is -1.72. The molecule has 0 aromatic heterocycles. The average molecular weight is 322 g/mol. The van der Waals surface area contributed by atoms with Gasteiger partial charge in [-0.3, -0.25) is 10.1 Å². The molecule has 1 atom stereocenters. The normalized spacial score (nSPS) is 16.5. The molecule has 0 amide bonds. The first-order valence-corrected chi connectivity index (χ1v) is 7.80. The second kappa shape index (κ2) is 5.95. The van der Waals surface area contributed by atoms with Crippen molar-refractivity contribution in [3.63, 3.8) is 0 Å². The lowest BCUT2D eigenvalue weighted by Crippen LogP contribution is -2.10. The Balaban J connectivity index is 1.74. The van der Waals surface area contributed by atoms with E-state index in [1.165, 1.54) is 28.7 Å². The van der Waals surface area contributed by atoms with Gasteiger partial charge in [-0.1, -0.05) is 29.8 Å². The molecule has 1 aliphatic heterocycles. The number of nitro benzene ring substituents is 1. The van der Waals surface area contributed by atoms with Crippen LogP contribution in [0, 0.1) is 10.1 Å². The fraction of sp³-hybridized carbons (Fsp3) is 0.200. The van der Waals surface area contributed by atoms with E-state index >= 15 is 0 Å². The fourth-order valence-electron chi connectivity index (χ4n) is 2.27. The lowest BCUT2D eigenvalue weighted by Gasteiger charge is -2.13. The van der Waals surface area contributed by atoms with Crippen molar-refractivity contribution in [3.8, 4) is 5.75 Å². The van der Waals surface area contributed by atoms with E-state index in [4.69, 9.17) is 16.3 Å². The SMILES string of the molecule is O=[N+]([O-])c1ccc(Cl)c(OCC2CSc3ccccc32)c1. The minimum atomic E-state index is -0.454. The number of non-ortho nitro benzene ring substituents is 1. The first-order chi connectivity index (χ1) is 10.1. The minimum Gasteiger partial charge on any atom is -0.491 e. The summed E-state index contributed by atoms with van der Waals surface area (Å²) >= 11 is 7.84. The second-order valence-corrected chi connectivity index (χ2v) is 6.20. The number of nitrogens with zero attached hydrogens (tertiary/aromatic N) is 1. The highest BCUT2D eigenvalue weighted by Crippen LogP contribution is 2.40. The molecular weight excluding hydrogens is 310 g/mol. The average Bonchev–Trinajstić information content (AvgIpc) is 2.89. The van der Waals surface area contributed by atoms with Crippen LogP contribution in [0.15, 0.2) is 47.4 Å². The third-order valence-corrected chi connectivity index (χ3v) is 4.93. The van der Waals surface area contributed by atoms with Crippen LogP contribution in [0.25, 0.3) is 0 Å². The van der Waals surface area contributed by atoms with Crippen molar-refractivity contribution < 1.29 is 9.66 Å². The standard InChI is InChI=1S/C15H12ClNO3S/c16-13-6-5-11(17(18)19)7-14(13)20-8-10-9-21-15-4-2-1-3-12(10)15/h1-7,10H,8-9H2. The van der Waals surface area contributed by atoms with E-state index in [1.807, 2.05) is 12.1 Å². The van der Waals surface area contributed by atoms with Gasteiger partial charge in [0.1, 0.15) is 5.75 Å². The van der Waals surface area contributed by atoms with Gasteiger partial charge >= 0.3 is 0 Å². The van der Waals surface area contributed by atoms with Gasteiger partial charge in [0.2, 0.25) is 0 Å². The first kappa shape index (κ1) is 14.2. The predicted octanol–water partition coefficient (Wildman–Crippen LogP) is 4.52. The summed E-state index contributed by atoms with van der Waals surface area (Å²) in [4.78, 5) is 11.6. The number of rotatable bonds is 4. The summed E-state index contributed by atoms with van der Waals surface area (Å²) < 4.78 is 5.72. The summed E-state index contributed by atoms with van der Waals surface area (Å²) in [5.41, 5.74) is 1.25. The van der Waals surface area contributed by atoms with E-state index in [2.05, 4.69) is 12.1 Å². The Morgan fingerprint density at radius 1 is 1.33 bits per heavy atom. The third kappa shape index (κ3) is 2.99. The van der Waals surface area contributed by atoms with Gasteiger partial charge in [-0.2, -0.15) is 0 Å². The molecule has 0 saturated heterocycles. The van der Waals surface area contributed by atoms with Crippen LogP contribution < -0.4 is 4.74 Å². The number of hydrogen-bond donors (Lipinski definition) is 0. The molecule has 0 bridgehead atoms. The van der Waals surface area contributed by atoms with Crippen LogP contribution in [0.4, 0.5) is 5.69 Å². The molecule has 0 N–H and O–H groups in total. The maximum atomic E-state index is 10.8. The van der Waals surface area contributed by atoms with Crippen molar-refractivity contribution in [1.29, 1.82) is 0 Å². The zero-order valence-corrected chi connectivity index (χ0v) is 12.6. The summed E-state index contributed by atoms with van der Waals surface area (Å²) in [6, 6.07) is 12.5. The molecule has 6 heteroatoms. The third-order valence-electron chi connectivity index (χ3n) is 3.36. The molecule has 1 unspecified atom stereocenters. The molecule has 0 saturated carbocycles. The largest absolute Gasteiger partial charge is 0.491 e. The van der Waals surface area contributed by atoms with E-state index in [1.54, 1.807) is 11.8 Å². The minimum absolute atomic E-state index is 0.0180. The van der Waals surface area contributed by atoms with Crippen LogP contribution in [0.3, 0.4) is 0 Å². The molecule has 4 nitrogen and oxygen atoms in total. The molecule has 21 heavy (non-hydrogen) atoms. The topological polar surface area (TPSA) is 52.4 Å². The number of halogens is 1. The van der Waals surface area contributed by atoms with Crippen molar-refractivity contribution in [1.82, 2.24) is 0 Å². The molecular formula is C15H12ClNO3S. The van der Waals surface area contributed by atoms with Crippen molar-refractivity contribution in [3.05, 3.63) is 63.2 Å². The number of ether oxygens (including phenoxy) is 1. The molecule has 1 aliphatic rings. The van der Waals surface area contributed by atoms with E-state index < -0.39 is 4.92 Å². The summed E-state index contributed by atoms with van der Waals surface area (Å²) in [6.45, 7) is 0.463. The Labute approximate surface area is 131 Å². The van der Waals surface area contributed by atoms with Crippen LogP contribution in [0.5, 0.6) is 5.75 Å². The Morgan fingerprint density at radius 3 is 2.95 bits per heavy atom. The van der Waals surface area contributed by atoms with Crippen molar-refractivity contribution >= 4 is 29.1 Å².